The highest BCUT2D eigenvalue weighted by Gasteiger charge is 2.20. The van der Waals surface area contributed by atoms with Crippen molar-refractivity contribution in [3.63, 3.8) is 0 Å². The molecule has 1 aromatic carbocycles. The average Bonchev–Trinajstić information content (AvgIpc) is 2.55. The summed E-state index contributed by atoms with van der Waals surface area (Å²) >= 11 is 5.84. The predicted molar refractivity (Wildman–Crippen MR) is 88.5 cm³/mol. The summed E-state index contributed by atoms with van der Waals surface area (Å²) in [7, 11) is 1.87. The molecule has 0 bridgehead atoms. The number of amides is 1. The zero-order valence-electron chi connectivity index (χ0n) is 13.1. The van der Waals surface area contributed by atoms with Crippen molar-refractivity contribution >= 4 is 17.5 Å². The molecule has 0 aromatic heterocycles. The van der Waals surface area contributed by atoms with Crippen molar-refractivity contribution in [2.24, 2.45) is 0 Å². The van der Waals surface area contributed by atoms with Crippen LogP contribution in [0.3, 0.4) is 0 Å². The number of benzene rings is 1. The highest BCUT2D eigenvalue weighted by molar-refractivity contribution is 6.30. The fraction of sp³-hybridized carbons (Fsp3) is 0.562. The van der Waals surface area contributed by atoms with E-state index >= 15 is 0 Å². The molecule has 1 aliphatic rings. The van der Waals surface area contributed by atoms with Gasteiger partial charge in [0.2, 0.25) is 5.91 Å². The van der Waals surface area contributed by atoms with Crippen LogP contribution in [0.4, 0.5) is 0 Å². The van der Waals surface area contributed by atoms with E-state index in [0.717, 1.165) is 45.0 Å². The van der Waals surface area contributed by atoms with Gasteiger partial charge in [0.1, 0.15) is 12.4 Å². The van der Waals surface area contributed by atoms with Crippen molar-refractivity contribution in [1.82, 2.24) is 15.1 Å². The first-order valence-corrected chi connectivity index (χ1v) is 8.10. The first-order chi connectivity index (χ1) is 10.7. The molecular weight excluding hydrogens is 302 g/mol. The van der Waals surface area contributed by atoms with Crippen molar-refractivity contribution in [2.45, 2.75) is 6.42 Å². The second-order valence-corrected chi connectivity index (χ2v) is 5.81. The van der Waals surface area contributed by atoms with Crippen molar-refractivity contribution in [2.75, 3.05) is 52.9 Å². The highest BCUT2D eigenvalue weighted by atomic mass is 35.5. The van der Waals surface area contributed by atoms with Crippen LogP contribution in [0.2, 0.25) is 5.02 Å². The molecule has 0 radical (unpaired) electrons. The lowest BCUT2D eigenvalue weighted by molar-refractivity contribution is -0.132. The van der Waals surface area contributed by atoms with Crippen LogP contribution >= 0.6 is 11.6 Å². The molecule has 1 saturated heterocycles. The zero-order chi connectivity index (χ0) is 15.8. The number of hydrogen-bond donors (Lipinski definition) is 1. The van der Waals surface area contributed by atoms with Gasteiger partial charge < -0.3 is 15.0 Å². The Morgan fingerprint density at radius 3 is 2.55 bits per heavy atom. The number of piperazine rings is 1. The summed E-state index contributed by atoms with van der Waals surface area (Å²) in [5.41, 5.74) is 0. The van der Waals surface area contributed by atoms with E-state index in [1.165, 1.54) is 0 Å². The number of carbonyl (C=O) groups is 1. The van der Waals surface area contributed by atoms with Crippen LogP contribution in [0.5, 0.6) is 5.75 Å². The fourth-order valence-electron chi connectivity index (χ4n) is 2.43. The lowest BCUT2D eigenvalue weighted by Gasteiger charge is -2.34. The summed E-state index contributed by atoms with van der Waals surface area (Å²) in [5.74, 6) is 1.08. The van der Waals surface area contributed by atoms with Crippen LogP contribution < -0.4 is 10.1 Å². The summed E-state index contributed by atoms with van der Waals surface area (Å²) in [6, 6.07) is 7.40. The average molecular weight is 326 g/mol. The molecule has 1 aromatic rings. The predicted octanol–water partition coefficient (Wildman–Crippen LogP) is 1.47. The molecule has 1 N–H and O–H groups in total. The molecular formula is C16H24ClN3O2. The molecule has 22 heavy (non-hydrogen) atoms. The van der Waals surface area contributed by atoms with Crippen molar-refractivity contribution in [1.29, 1.82) is 0 Å². The van der Waals surface area contributed by atoms with E-state index in [2.05, 4.69) is 10.2 Å². The highest BCUT2D eigenvalue weighted by Crippen LogP contribution is 2.15. The molecule has 0 aliphatic carbocycles. The molecule has 0 atom stereocenters. The quantitative estimate of drug-likeness (QED) is 0.824. The molecule has 0 unspecified atom stereocenters. The summed E-state index contributed by atoms with van der Waals surface area (Å²) in [4.78, 5) is 16.2. The maximum absolute atomic E-state index is 11.9. The third kappa shape index (κ3) is 5.48. The normalized spacial score (nSPS) is 15.8. The van der Waals surface area contributed by atoms with E-state index in [-0.39, 0.29) is 5.91 Å². The van der Waals surface area contributed by atoms with Crippen LogP contribution in [0, 0.1) is 0 Å². The summed E-state index contributed by atoms with van der Waals surface area (Å²) < 4.78 is 5.70. The third-order valence-electron chi connectivity index (χ3n) is 3.80. The number of carbonyl (C=O) groups excluding carboxylic acids is 1. The van der Waals surface area contributed by atoms with Crippen LogP contribution in [-0.4, -0.2) is 68.6 Å². The fourth-order valence-corrected chi connectivity index (χ4v) is 2.56. The van der Waals surface area contributed by atoms with Gasteiger partial charge in [0.15, 0.2) is 0 Å². The molecule has 0 saturated carbocycles. The van der Waals surface area contributed by atoms with Gasteiger partial charge in [0.05, 0.1) is 0 Å². The van der Waals surface area contributed by atoms with Crippen molar-refractivity contribution in [3.05, 3.63) is 29.3 Å². The Morgan fingerprint density at radius 2 is 1.91 bits per heavy atom. The van der Waals surface area contributed by atoms with Gasteiger partial charge in [-0.2, -0.15) is 0 Å². The molecule has 122 valence electrons. The minimum atomic E-state index is 0.242. The number of halogens is 1. The number of nitrogens with one attached hydrogen (secondary N) is 1. The first-order valence-electron chi connectivity index (χ1n) is 7.72. The topological polar surface area (TPSA) is 44.8 Å². The van der Waals surface area contributed by atoms with E-state index < -0.39 is 0 Å². The largest absolute Gasteiger partial charge is 0.492 e. The molecule has 1 aliphatic heterocycles. The molecule has 6 heteroatoms. The van der Waals surface area contributed by atoms with Crippen LogP contribution in [0.25, 0.3) is 0 Å². The van der Waals surface area contributed by atoms with Gasteiger partial charge in [0.25, 0.3) is 0 Å². The Kier molecular flexibility index (Phi) is 6.96. The maximum Gasteiger partial charge on any atom is 0.223 e. The number of rotatable bonds is 7. The van der Waals surface area contributed by atoms with Gasteiger partial charge in [-0.05, 0) is 31.3 Å². The molecule has 5 nitrogen and oxygen atoms in total. The molecule has 1 fully saturated rings. The van der Waals surface area contributed by atoms with E-state index in [4.69, 9.17) is 16.3 Å². The minimum Gasteiger partial charge on any atom is -0.492 e. The van der Waals surface area contributed by atoms with Crippen LogP contribution in [-0.2, 0) is 4.79 Å². The number of nitrogens with zero attached hydrogens (tertiary/aromatic N) is 2. The smallest absolute Gasteiger partial charge is 0.223 e. The Bertz CT molecular complexity index is 459. The molecule has 1 heterocycles. The van der Waals surface area contributed by atoms with Gasteiger partial charge in [-0.15, -0.1) is 0 Å². The van der Waals surface area contributed by atoms with Crippen LogP contribution in [0.15, 0.2) is 24.3 Å². The van der Waals surface area contributed by atoms with Gasteiger partial charge in [-0.25, -0.2) is 0 Å². The van der Waals surface area contributed by atoms with Gasteiger partial charge in [-0.1, -0.05) is 11.6 Å². The van der Waals surface area contributed by atoms with E-state index in [9.17, 15) is 4.79 Å². The van der Waals surface area contributed by atoms with Crippen molar-refractivity contribution < 1.29 is 9.53 Å². The summed E-state index contributed by atoms with van der Waals surface area (Å²) in [5, 5.41) is 3.72. The van der Waals surface area contributed by atoms with Crippen molar-refractivity contribution in [3.8, 4) is 5.75 Å². The monoisotopic (exact) mass is 325 g/mol. The Labute approximate surface area is 137 Å². The molecule has 0 spiro atoms. The SMILES string of the molecule is CNCCC(=O)N1CCN(CCOc2ccc(Cl)cc2)CC1. The lowest BCUT2D eigenvalue weighted by Crippen LogP contribution is -2.49. The van der Waals surface area contributed by atoms with E-state index in [0.29, 0.717) is 18.1 Å². The maximum atomic E-state index is 11.9. The second-order valence-electron chi connectivity index (χ2n) is 5.38. The number of ether oxygens (including phenoxy) is 1. The van der Waals surface area contributed by atoms with E-state index in [1.54, 1.807) is 0 Å². The molecule has 2 rings (SSSR count). The first kappa shape index (κ1) is 17.1. The van der Waals surface area contributed by atoms with Gasteiger partial charge >= 0.3 is 0 Å². The number of hydrogen-bond acceptors (Lipinski definition) is 4. The molecule has 1 amide bonds. The summed E-state index contributed by atoms with van der Waals surface area (Å²) in [6.07, 6.45) is 0.580. The minimum absolute atomic E-state index is 0.242. The standard InChI is InChI=1S/C16H24ClN3O2/c1-18-7-6-16(21)20-10-8-19(9-11-20)12-13-22-15-4-2-14(17)3-5-15/h2-5,18H,6-13H2,1H3. The van der Waals surface area contributed by atoms with Gasteiger partial charge in [-0.3, -0.25) is 9.69 Å². The van der Waals surface area contributed by atoms with E-state index in [1.807, 2.05) is 36.2 Å². The zero-order valence-corrected chi connectivity index (χ0v) is 13.8. The Hall–Kier alpha value is -1.30. The third-order valence-corrected chi connectivity index (χ3v) is 4.06. The lowest BCUT2D eigenvalue weighted by atomic mass is 10.2. The second kappa shape index (κ2) is 8.98. The summed E-state index contributed by atoms with van der Waals surface area (Å²) in [6.45, 7) is 5.71. The Balaban J connectivity index is 1.63. The van der Waals surface area contributed by atoms with Gasteiger partial charge in [0, 0.05) is 50.7 Å². The van der Waals surface area contributed by atoms with Crippen LogP contribution in [0.1, 0.15) is 6.42 Å². The Morgan fingerprint density at radius 1 is 1.23 bits per heavy atom.